The lowest BCUT2D eigenvalue weighted by molar-refractivity contribution is -0.00317. The molecule has 0 radical (unpaired) electrons. The first-order valence-corrected chi connectivity index (χ1v) is 9.60. The summed E-state index contributed by atoms with van der Waals surface area (Å²) in [7, 11) is -3.19. The fraction of sp³-hybridized carbons (Fsp3) is 0.647. The van der Waals surface area contributed by atoms with Crippen molar-refractivity contribution in [2.24, 2.45) is 10.8 Å². The van der Waals surface area contributed by atoms with E-state index in [1.54, 1.807) is 18.2 Å². The third kappa shape index (κ3) is 4.46. The maximum absolute atomic E-state index is 11.6. The summed E-state index contributed by atoms with van der Waals surface area (Å²) in [6, 6.07) is 6.90. The van der Waals surface area contributed by atoms with Crippen molar-refractivity contribution in [3.63, 3.8) is 0 Å². The third-order valence-corrected chi connectivity index (χ3v) is 5.51. The van der Waals surface area contributed by atoms with E-state index < -0.39 is 9.84 Å². The van der Waals surface area contributed by atoms with Crippen LogP contribution >= 0.6 is 0 Å². The van der Waals surface area contributed by atoms with E-state index in [4.69, 9.17) is 0 Å². The number of aliphatic hydroxyl groups excluding tert-OH is 1. The van der Waals surface area contributed by atoms with Crippen LogP contribution in [0, 0.1) is 10.8 Å². The molecule has 0 aliphatic heterocycles. The SMILES string of the molecule is CC1(C)C[C@H](O)C[C@](C)(CNc2cccc(S(C)(=O)=O)c2)C1. The van der Waals surface area contributed by atoms with Gasteiger partial charge in [-0.25, -0.2) is 8.42 Å². The number of anilines is 1. The normalized spacial score (nSPS) is 28.3. The minimum absolute atomic E-state index is 0.00224. The van der Waals surface area contributed by atoms with Gasteiger partial charge >= 0.3 is 0 Å². The van der Waals surface area contributed by atoms with E-state index in [0.717, 1.165) is 31.5 Å². The summed E-state index contributed by atoms with van der Waals surface area (Å²) in [5.41, 5.74) is 0.937. The second-order valence-corrected chi connectivity index (χ2v) is 9.88. The van der Waals surface area contributed by atoms with E-state index in [1.807, 2.05) is 6.07 Å². The van der Waals surface area contributed by atoms with Gasteiger partial charge in [-0.2, -0.15) is 0 Å². The van der Waals surface area contributed by atoms with Crippen LogP contribution in [0.15, 0.2) is 29.2 Å². The zero-order chi connectivity index (χ0) is 16.6. The van der Waals surface area contributed by atoms with Gasteiger partial charge in [-0.05, 0) is 48.3 Å². The number of aliphatic hydroxyl groups is 1. The maximum atomic E-state index is 11.6. The van der Waals surface area contributed by atoms with E-state index in [0.29, 0.717) is 4.90 Å². The zero-order valence-electron chi connectivity index (χ0n) is 13.9. The molecule has 124 valence electrons. The summed E-state index contributed by atoms with van der Waals surface area (Å²) in [4.78, 5) is 0.326. The Morgan fingerprint density at radius 2 is 1.95 bits per heavy atom. The number of hydrogen-bond donors (Lipinski definition) is 2. The fourth-order valence-corrected chi connectivity index (χ4v) is 4.53. The predicted molar refractivity (Wildman–Crippen MR) is 89.8 cm³/mol. The first-order chi connectivity index (χ1) is 9.99. The van der Waals surface area contributed by atoms with E-state index in [9.17, 15) is 13.5 Å². The average Bonchev–Trinajstić information content (AvgIpc) is 2.33. The molecule has 2 N–H and O–H groups in total. The van der Waals surface area contributed by atoms with Crippen LogP contribution in [0.25, 0.3) is 0 Å². The molecule has 0 heterocycles. The standard InChI is InChI=1S/C17H27NO3S/c1-16(2)9-14(19)10-17(3,11-16)12-18-13-6-5-7-15(8-13)22(4,20)21/h5-8,14,18-19H,9-12H2,1-4H3/t14-,17-/m0/s1. The Morgan fingerprint density at radius 3 is 2.55 bits per heavy atom. The monoisotopic (exact) mass is 325 g/mol. The Morgan fingerprint density at radius 1 is 1.27 bits per heavy atom. The van der Waals surface area contributed by atoms with Crippen molar-refractivity contribution in [3.8, 4) is 0 Å². The Bertz CT molecular complexity index is 639. The van der Waals surface area contributed by atoms with Gasteiger partial charge in [0.25, 0.3) is 0 Å². The van der Waals surface area contributed by atoms with Gasteiger partial charge in [0.15, 0.2) is 9.84 Å². The van der Waals surface area contributed by atoms with Crippen LogP contribution in [0.4, 0.5) is 5.69 Å². The topological polar surface area (TPSA) is 66.4 Å². The number of hydrogen-bond acceptors (Lipinski definition) is 4. The molecule has 0 spiro atoms. The van der Waals surface area contributed by atoms with Gasteiger partial charge < -0.3 is 10.4 Å². The van der Waals surface area contributed by atoms with E-state index in [2.05, 4.69) is 26.1 Å². The highest BCUT2D eigenvalue weighted by Crippen LogP contribution is 2.46. The number of sulfone groups is 1. The van der Waals surface area contributed by atoms with Crippen LogP contribution in [-0.2, 0) is 9.84 Å². The van der Waals surface area contributed by atoms with Crippen LogP contribution in [0.3, 0.4) is 0 Å². The highest BCUT2D eigenvalue weighted by Gasteiger charge is 2.40. The van der Waals surface area contributed by atoms with Crippen LogP contribution in [-0.4, -0.2) is 32.4 Å². The van der Waals surface area contributed by atoms with Gasteiger partial charge in [-0.1, -0.05) is 26.8 Å². The van der Waals surface area contributed by atoms with Gasteiger partial charge in [-0.15, -0.1) is 0 Å². The molecule has 0 bridgehead atoms. The Labute approximate surface area is 133 Å². The molecule has 2 rings (SSSR count). The molecule has 1 aromatic carbocycles. The maximum Gasteiger partial charge on any atom is 0.175 e. The van der Waals surface area contributed by atoms with Crippen molar-refractivity contribution in [3.05, 3.63) is 24.3 Å². The molecule has 0 unspecified atom stereocenters. The number of rotatable bonds is 4. The summed E-state index contributed by atoms with van der Waals surface area (Å²) in [6.07, 6.45) is 3.60. The van der Waals surface area contributed by atoms with Crippen molar-refractivity contribution in [2.75, 3.05) is 18.1 Å². The minimum atomic E-state index is -3.19. The van der Waals surface area contributed by atoms with Crippen LogP contribution < -0.4 is 5.32 Å². The van der Waals surface area contributed by atoms with Crippen LogP contribution in [0.5, 0.6) is 0 Å². The fourth-order valence-electron chi connectivity index (χ4n) is 3.87. The molecule has 1 fully saturated rings. The number of benzene rings is 1. The highest BCUT2D eigenvalue weighted by molar-refractivity contribution is 7.90. The molecule has 0 amide bonds. The lowest BCUT2D eigenvalue weighted by Crippen LogP contribution is -2.42. The lowest BCUT2D eigenvalue weighted by atomic mass is 9.63. The predicted octanol–water partition coefficient (Wildman–Crippen LogP) is 3.08. The van der Waals surface area contributed by atoms with Crippen molar-refractivity contribution < 1.29 is 13.5 Å². The van der Waals surface area contributed by atoms with E-state index in [1.165, 1.54) is 6.26 Å². The van der Waals surface area contributed by atoms with E-state index >= 15 is 0 Å². The van der Waals surface area contributed by atoms with Gasteiger partial charge in [0.05, 0.1) is 11.0 Å². The van der Waals surface area contributed by atoms with E-state index in [-0.39, 0.29) is 16.9 Å². The van der Waals surface area contributed by atoms with Crippen molar-refractivity contribution in [2.45, 2.75) is 51.0 Å². The minimum Gasteiger partial charge on any atom is -0.393 e. The molecule has 0 saturated heterocycles. The molecule has 0 aromatic heterocycles. The third-order valence-electron chi connectivity index (χ3n) is 4.40. The van der Waals surface area contributed by atoms with Crippen LogP contribution in [0.2, 0.25) is 0 Å². The zero-order valence-corrected chi connectivity index (χ0v) is 14.7. The summed E-state index contributed by atoms with van der Waals surface area (Å²) in [5, 5.41) is 13.5. The molecular weight excluding hydrogens is 298 g/mol. The Balaban J connectivity index is 2.09. The molecule has 4 nitrogen and oxygen atoms in total. The highest BCUT2D eigenvalue weighted by atomic mass is 32.2. The molecule has 22 heavy (non-hydrogen) atoms. The summed E-state index contributed by atoms with van der Waals surface area (Å²) in [6.45, 7) is 7.29. The van der Waals surface area contributed by atoms with Crippen molar-refractivity contribution in [1.82, 2.24) is 0 Å². The van der Waals surface area contributed by atoms with Gasteiger partial charge in [-0.3, -0.25) is 0 Å². The van der Waals surface area contributed by atoms with Gasteiger partial charge in [0, 0.05) is 18.5 Å². The summed E-state index contributed by atoms with van der Waals surface area (Å²) in [5.74, 6) is 0. The lowest BCUT2D eigenvalue weighted by Gasteiger charge is -2.45. The smallest absolute Gasteiger partial charge is 0.175 e. The Hall–Kier alpha value is -1.07. The van der Waals surface area contributed by atoms with Crippen LogP contribution in [0.1, 0.15) is 40.0 Å². The molecule has 5 heteroatoms. The molecule has 1 aliphatic carbocycles. The second kappa shape index (κ2) is 5.85. The Kier molecular flexibility index (Phi) is 4.60. The summed E-state index contributed by atoms with van der Waals surface area (Å²) < 4.78 is 23.2. The molecule has 1 aliphatic rings. The quantitative estimate of drug-likeness (QED) is 0.893. The van der Waals surface area contributed by atoms with Crippen molar-refractivity contribution >= 4 is 15.5 Å². The molecule has 1 saturated carbocycles. The van der Waals surface area contributed by atoms with Gasteiger partial charge in [0.2, 0.25) is 0 Å². The number of nitrogens with one attached hydrogen (secondary N) is 1. The van der Waals surface area contributed by atoms with Gasteiger partial charge in [0.1, 0.15) is 0 Å². The summed E-state index contributed by atoms with van der Waals surface area (Å²) >= 11 is 0. The molecule has 1 aromatic rings. The molecule has 2 atom stereocenters. The average molecular weight is 325 g/mol. The molecular formula is C17H27NO3S. The largest absolute Gasteiger partial charge is 0.393 e. The first kappa shape index (κ1) is 17.3. The van der Waals surface area contributed by atoms with Crippen molar-refractivity contribution in [1.29, 1.82) is 0 Å². The first-order valence-electron chi connectivity index (χ1n) is 7.71. The second-order valence-electron chi connectivity index (χ2n) is 7.87.